The van der Waals surface area contributed by atoms with Gasteiger partial charge in [-0.1, -0.05) is 27.7 Å². The highest BCUT2D eigenvalue weighted by molar-refractivity contribution is 9.10. The molecule has 0 atom stereocenters. The van der Waals surface area contributed by atoms with E-state index in [1.54, 1.807) is 18.9 Å². The summed E-state index contributed by atoms with van der Waals surface area (Å²) in [6.45, 7) is 1.64. The molecule has 0 amide bonds. The molecule has 1 aromatic carbocycles. The first-order chi connectivity index (χ1) is 9.69. The van der Waals surface area contributed by atoms with Crippen molar-refractivity contribution in [2.45, 2.75) is 18.4 Å². The van der Waals surface area contributed by atoms with Gasteiger partial charge < -0.3 is 14.8 Å². The lowest BCUT2D eigenvalue weighted by atomic mass is 9.93. The number of anilines is 1. The Kier molecular flexibility index (Phi) is 4.23. The molecular formula is C14H17BrN2O2S. The number of hydrogen-bond donors (Lipinski definition) is 1. The van der Waals surface area contributed by atoms with Crippen LogP contribution in [0.4, 0.5) is 5.69 Å². The molecule has 0 unspecified atom stereocenters. The van der Waals surface area contributed by atoms with Gasteiger partial charge in [-0.15, -0.1) is 0 Å². The zero-order valence-electron chi connectivity index (χ0n) is 11.3. The van der Waals surface area contributed by atoms with Crippen molar-refractivity contribution in [3.8, 4) is 5.75 Å². The summed E-state index contributed by atoms with van der Waals surface area (Å²) in [5.41, 5.74) is 1.08. The van der Waals surface area contributed by atoms with E-state index in [2.05, 4.69) is 21.2 Å². The van der Waals surface area contributed by atoms with E-state index in [1.807, 2.05) is 18.2 Å². The van der Waals surface area contributed by atoms with Gasteiger partial charge in [-0.05, 0) is 25.0 Å². The summed E-state index contributed by atoms with van der Waals surface area (Å²) < 4.78 is 11.7. The van der Waals surface area contributed by atoms with E-state index in [9.17, 15) is 0 Å². The summed E-state index contributed by atoms with van der Waals surface area (Å²) in [7, 11) is 1.67. The third kappa shape index (κ3) is 3.13. The van der Waals surface area contributed by atoms with Crippen LogP contribution in [0.3, 0.4) is 0 Å². The van der Waals surface area contributed by atoms with Crippen LogP contribution in [-0.2, 0) is 4.74 Å². The van der Waals surface area contributed by atoms with Crippen molar-refractivity contribution in [2.75, 3.05) is 31.4 Å². The number of hydrogen-bond acceptors (Lipinski definition) is 5. The van der Waals surface area contributed by atoms with Gasteiger partial charge in [0.2, 0.25) is 0 Å². The largest absolute Gasteiger partial charge is 0.497 e. The average molecular weight is 357 g/mol. The summed E-state index contributed by atoms with van der Waals surface area (Å²) in [6, 6.07) is 5.94. The Balaban J connectivity index is 1.75. The second-order valence-corrected chi connectivity index (χ2v) is 6.93. The lowest BCUT2D eigenvalue weighted by Crippen LogP contribution is -2.34. The highest BCUT2D eigenvalue weighted by Crippen LogP contribution is 2.36. The van der Waals surface area contributed by atoms with Crippen molar-refractivity contribution in [3.05, 3.63) is 22.7 Å². The minimum Gasteiger partial charge on any atom is -0.497 e. The molecule has 1 N–H and O–H groups in total. The number of nitrogens with one attached hydrogen (secondary N) is 1. The number of ether oxygens (including phenoxy) is 2. The predicted molar refractivity (Wildman–Crippen MR) is 87.0 cm³/mol. The standard InChI is InChI=1S/C14H17BrN2O2S/c1-18-12-7-10(15)6-11(8-12)16-13-17-14(9-20-13)2-4-19-5-3-14/h6-8H,2-5,9H2,1H3,(H,16,17). The molecule has 1 saturated heterocycles. The first-order valence-corrected chi connectivity index (χ1v) is 8.39. The Bertz CT molecular complexity index is 530. The molecule has 0 aliphatic carbocycles. The molecule has 2 heterocycles. The quantitative estimate of drug-likeness (QED) is 0.880. The molecule has 4 nitrogen and oxygen atoms in total. The first kappa shape index (κ1) is 14.2. The number of amidine groups is 1. The fourth-order valence-electron chi connectivity index (χ4n) is 2.43. The molecule has 6 heteroatoms. The van der Waals surface area contributed by atoms with Crippen LogP contribution >= 0.6 is 27.7 Å². The highest BCUT2D eigenvalue weighted by Gasteiger charge is 2.37. The van der Waals surface area contributed by atoms with Gasteiger partial charge in [0.05, 0.1) is 12.6 Å². The topological polar surface area (TPSA) is 42.8 Å². The zero-order chi connectivity index (χ0) is 14.0. The lowest BCUT2D eigenvalue weighted by Gasteiger charge is -2.29. The van der Waals surface area contributed by atoms with Gasteiger partial charge in [-0.3, -0.25) is 4.99 Å². The van der Waals surface area contributed by atoms with Crippen LogP contribution in [0.1, 0.15) is 12.8 Å². The van der Waals surface area contributed by atoms with E-state index in [1.165, 1.54) is 0 Å². The van der Waals surface area contributed by atoms with E-state index in [4.69, 9.17) is 14.5 Å². The third-order valence-corrected chi connectivity index (χ3v) is 5.20. The van der Waals surface area contributed by atoms with Gasteiger partial charge in [0.25, 0.3) is 0 Å². The molecule has 2 aliphatic heterocycles. The second kappa shape index (κ2) is 5.95. The van der Waals surface area contributed by atoms with Crippen molar-refractivity contribution in [2.24, 2.45) is 4.99 Å². The third-order valence-electron chi connectivity index (χ3n) is 3.60. The van der Waals surface area contributed by atoms with Crippen LogP contribution in [0.25, 0.3) is 0 Å². The van der Waals surface area contributed by atoms with Gasteiger partial charge >= 0.3 is 0 Å². The lowest BCUT2D eigenvalue weighted by molar-refractivity contribution is 0.0624. The van der Waals surface area contributed by atoms with Crippen LogP contribution in [0.2, 0.25) is 0 Å². The number of rotatable bonds is 2. The number of nitrogens with zero attached hydrogens (tertiary/aromatic N) is 1. The minimum absolute atomic E-state index is 0.0847. The summed E-state index contributed by atoms with van der Waals surface area (Å²) >= 11 is 5.28. The highest BCUT2D eigenvalue weighted by atomic mass is 79.9. The van der Waals surface area contributed by atoms with Gasteiger partial charge in [0.1, 0.15) is 5.75 Å². The number of benzene rings is 1. The number of methoxy groups -OCH3 is 1. The maximum atomic E-state index is 5.43. The molecule has 0 radical (unpaired) electrons. The first-order valence-electron chi connectivity index (χ1n) is 6.61. The second-order valence-electron chi connectivity index (χ2n) is 5.05. The van der Waals surface area contributed by atoms with E-state index in [0.29, 0.717) is 0 Å². The minimum atomic E-state index is 0.0847. The fourth-order valence-corrected chi connectivity index (χ4v) is 4.11. The smallest absolute Gasteiger partial charge is 0.161 e. The van der Waals surface area contributed by atoms with Crippen molar-refractivity contribution in [3.63, 3.8) is 0 Å². The summed E-state index contributed by atoms with van der Waals surface area (Å²) in [4.78, 5) is 4.89. The average Bonchev–Trinajstić information content (AvgIpc) is 2.81. The summed E-state index contributed by atoms with van der Waals surface area (Å²) in [5.74, 6) is 1.87. The van der Waals surface area contributed by atoms with Crippen molar-refractivity contribution >= 4 is 38.5 Å². The Morgan fingerprint density at radius 2 is 2.15 bits per heavy atom. The SMILES string of the molecule is COc1cc(Br)cc(NC2=NC3(CCOCC3)CS2)c1. The number of aliphatic imine (C=N–C) groups is 1. The molecule has 20 heavy (non-hydrogen) atoms. The zero-order valence-corrected chi connectivity index (χ0v) is 13.7. The van der Waals surface area contributed by atoms with Gasteiger partial charge in [0, 0.05) is 35.2 Å². The molecule has 0 bridgehead atoms. The number of thioether (sulfide) groups is 1. The molecule has 108 valence electrons. The van der Waals surface area contributed by atoms with Gasteiger partial charge in [-0.25, -0.2) is 0 Å². The molecule has 1 fully saturated rings. The fraction of sp³-hybridized carbons (Fsp3) is 0.500. The Morgan fingerprint density at radius 1 is 1.35 bits per heavy atom. The monoisotopic (exact) mass is 356 g/mol. The van der Waals surface area contributed by atoms with Crippen LogP contribution in [0, 0.1) is 0 Å². The van der Waals surface area contributed by atoms with Crippen LogP contribution < -0.4 is 10.1 Å². The summed E-state index contributed by atoms with van der Waals surface area (Å²) in [6.07, 6.45) is 2.04. The van der Waals surface area contributed by atoms with Crippen molar-refractivity contribution in [1.29, 1.82) is 0 Å². The molecule has 2 aliphatic rings. The Hall–Kier alpha value is -0.720. The normalized spacial score (nSPS) is 20.8. The maximum Gasteiger partial charge on any atom is 0.161 e. The molecule has 1 spiro atoms. The molecule has 1 aromatic rings. The number of halogens is 1. The van der Waals surface area contributed by atoms with Crippen LogP contribution in [0.5, 0.6) is 5.75 Å². The van der Waals surface area contributed by atoms with Gasteiger partial charge in [0.15, 0.2) is 5.17 Å². The van der Waals surface area contributed by atoms with Gasteiger partial charge in [-0.2, -0.15) is 0 Å². The van der Waals surface area contributed by atoms with Crippen LogP contribution in [-0.4, -0.2) is 36.8 Å². The summed E-state index contributed by atoms with van der Waals surface area (Å²) in [5, 5.41) is 4.38. The predicted octanol–water partition coefficient (Wildman–Crippen LogP) is 3.52. The Morgan fingerprint density at radius 3 is 2.90 bits per heavy atom. The van der Waals surface area contributed by atoms with Crippen molar-refractivity contribution < 1.29 is 9.47 Å². The van der Waals surface area contributed by atoms with E-state index < -0.39 is 0 Å². The van der Waals surface area contributed by atoms with Crippen molar-refractivity contribution in [1.82, 2.24) is 0 Å². The maximum absolute atomic E-state index is 5.43. The molecule has 0 saturated carbocycles. The van der Waals surface area contributed by atoms with E-state index in [-0.39, 0.29) is 5.54 Å². The van der Waals surface area contributed by atoms with E-state index in [0.717, 1.165) is 52.9 Å². The molecular weight excluding hydrogens is 340 g/mol. The van der Waals surface area contributed by atoms with E-state index >= 15 is 0 Å². The Labute approximate surface area is 131 Å². The molecule has 0 aromatic heterocycles. The van der Waals surface area contributed by atoms with Crippen LogP contribution in [0.15, 0.2) is 27.7 Å². The molecule has 3 rings (SSSR count).